The predicted octanol–water partition coefficient (Wildman–Crippen LogP) is 3.73. The number of rotatable bonds is 3. The molecule has 1 heterocycles. The molecule has 0 saturated carbocycles. The first kappa shape index (κ1) is 11.3. The summed E-state index contributed by atoms with van der Waals surface area (Å²) in [7, 11) is 0. The fourth-order valence-corrected chi connectivity index (χ4v) is 2.19. The first-order valence-corrected chi connectivity index (χ1v) is 6.14. The van der Waals surface area contributed by atoms with E-state index in [0.29, 0.717) is 0 Å². The zero-order valence-corrected chi connectivity index (χ0v) is 10.1. The lowest BCUT2D eigenvalue weighted by Crippen LogP contribution is -1.77. The lowest BCUT2D eigenvalue weighted by atomic mass is 10.2. The number of fused-ring (bicyclic) bond motifs is 1. The van der Waals surface area contributed by atoms with E-state index in [4.69, 9.17) is 5.26 Å². The van der Waals surface area contributed by atoms with Crippen molar-refractivity contribution in [3.05, 3.63) is 48.5 Å². The molecule has 0 aliphatic rings. The smallest absolute Gasteiger partial charge is 0.138 e. The van der Waals surface area contributed by atoms with Crippen molar-refractivity contribution >= 4 is 23.1 Å². The molecular formula is C13H10N2O2S. The molecule has 0 aliphatic carbocycles. The number of aromatic nitrogens is 2. The highest BCUT2D eigenvalue weighted by molar-refractivity contribution is 7.94. The van der Waals surface area contributed by atoms with E-state index < -0.39 is 0 Å². The number of imidazole rings is 1. The average Bonchev–Trinajstić information content (AvgIpc) is 2.83. The molecule has 0 aliphatic heterocycles. The Balaban J connectivity index is 2.06. The van der Waals surface area contributed by atoms with Gasteiger partial charge in [0.15, 0.2) is 0 Å². The number of benzene rings is 2. The third-order valence-electron chi connectivity index (χ3n) is 2.63. The van der Waals surface area contributed by atoms with Gasteiger partial charge in [-0.2, -0.15) is 4.33 Å². The second kappa shape index (κ2) is 4.81. The van der Waals surface area contributed by atoms with E-state index >= 15 is 0 Å². The second-order valence-electron chi connectivity index (χ2n) is 3.79. The molecule has 3 rings (SSSR count). The van der Waals surface area contributed by atoms with Crippen molar-refractivity contribution in [2.75, 3.05) is 0 Å². The zero-order chi connectivity index (χ0) is 12.4. The van der Waals surface area contributed by atoms with Crippen LogP contribution in [0.4, 0.5) is 0 Å². The summed E-state index contributed by atoms with van der Waals surface area (Å²) in [5.74, 6) is 0.831. The Morgan fingerprint density at radius 1 is 1.11 bits per heavy atom. The van der Waals surface area contributed by atoms with Gasteiger partial charge in [-0.1, -0.05) is 30.3 Å². The summed E-state index contributed by atoms with van der Waals surface area (Å²) in [6.45, 7) is 0. The SMILES string of the molecule is OOSc1ccc2nc(-c3ccccc3)[nH]c2c1. The van der Waals surface area contributed by atoms with Gasteiger partial charge in [0.2, 0.25) is 0 Å². The Morgan fingerprint density at radius 3 is 2.72 bits per heavy atom. The highest BCUT2D eigenvalue weighted by atomic mass is 32.2. The third kappa shape index (κ3) is 2.11. The number of aromatic amines is 1. The van der Waals surface area contributed by atoms with Crippen LogP contribution in [0.2, 0.25) is 0 Å². The maximum absolute atomic E-state index is 8.41. The highest BCUT2D eigenvalue weighted by Gasteiger charge is 2.05. The van der Waals surface area contributed by atoms with Crippen molar-refractivity contribution in [3.8, 4) is 11.4 Å². The fourth-order valence-electron chi connectivity index (χ4n) is 1.82. The van der Waals surface area contributed by atoms with Gasteiger partial charge < -0.3 is 4.98 Å². The lowest BCUT2D eigenvalue weighted by molar-refractivity contribution is -0.116. The van der Waals surface area contributed by atoms with Gasteiger partial charge in [-0.3, -0.25) is 0 Å². The molecule has 0 saturated heterocycles. The second-order valence-corrected chi connectivity index (χ2v) is 4.58. The third-order valence-corrected chi connectivity index (χ3v) is 3.15. The van der Waals surface area contributed by atoms with E-state index in [-0.39, 0.29) is 0 Å². The summed E-state index contributed by atoms with van der Waals surface area (Å²) in [6, 6.07) is 15.6. The van der Waals surface area contributed by atoms with Crippen molar-refractivity contribution in [1.82, 2.24) is 9.97 Å². The molecule has 90 valence electrons. The maximum Gasteiger partial charge on any atom is 0.138 e. The lowest BCUT2D eigenvalue weighted by Gasteiger charge is -1.94. The van der Waals surface area contributed by atoms with Crippen LogP contribution < -0.4 is 0 Å². The highest BCUT2D eigenvalue weighted by Crippen LogP contribution is 2.25. The number of H-pyrrole nitrogens is 1. The van der Waals surface area contributed by atoms with Crippen molar-refractivity contribution in [1.29, 1.82) is 0 Å². The summed E-state index contributed by atoms with van der Waals surface area (Å²) < 4.78 is 4.05. The Hall–Kier alpha value is -1.82. The fraction of sp³-hybridized carbons (Fsp3) is 0. The molecule has 1 aromatic heterocycles. The summed E-state index contributed by atoms with van der Waals surface area (Å²) in [5, 5.41) is 8.41. The predicted molar refractivity (Wildman–Crippen MR) is 71.1 cm³/mol. The van der Waals surface area contributed by atoms with Crippen LogP contribution in [0, 0.1) is 0 Å². The van der Waals surface area contributed by atoms with E-state index in [2.05, 4.69) is 14.3 Å². The standard InChI is InChI=1S/C13H10N2O2S/c16-17-18-10-6-7-11-12(8-10)15-13(14-11)9-4-2-1-3-5-9/h1-8,16H,(H,14,15). The number of hydrogen-bond donors (Lipinski definition) is 2. The van der Waals surface area contributed by atoms with Crippen LogP contribution in [0.5, 0.6) is 0 Å². The van der Waals surface area contributed by atoms with E-state index in [9.17, 15) is 0 Å². The number of hydrogen-bond acceptors (Lipinski definition) is 4. The summed E-state index contributed by atoms with van der Waals surface area (Å²) in [6.07, 6.45) is 0. The average molecular weight is 258 g/mol. The van der Waals surface area contributed by atoms with Gasteiger partial charge in [0.1, 0.15) is 5.82 Å². The van der Waals surface area contributed by atoms with Gasteiger partial charge in [0, 0.05) is 10.5 Å². The zero-order valence-electron chi connectivity index (χ0n) is 9.33. The van der Waals surface area contributed by atoms with Crippen LogP contribution in [0.25, 0.3) is 22.4 Å². The molecule has 18 heavy (non-hydrogen) atoms. The van der Waals surface area contributed by atoms with E-state index in [0.717, 1.165) is 39.4 Å². The molecular weight excluding hydrogens is 248 g/mol. The molecule has 2 aromatic carbocycles. The first-order chi connectivity index (χ1) is 8.86. The Kier molecular flexibility index (Phi) is 3.02. The summed E-state index contributed by atoms with van der Waals surface area (Å²) in [4.78, 5) is 8.58. The van der Waals surface area contributed by atoms with E-state index in [1.54, 1.807) is 0 Å². The minimum atomic E-state index is 0.813. The minimum Gasteiger partial charge on any atom is -0.338 e. The van der Waals surface area contributed by atoms with Crippen LogP contribution in [-0.4, -0.2) is 15.2 Å². The monoisotopic (exact) mass is 258 g/mol. The maximum atomic E-state index is 8.41. The van der Waals surface area contributed by atoms with Crippen LogP contribution in [0.3, 0.4) is 0 Å². The largest absolute Gasteiger partial charge is 0.338 e. The van der Waals surface area contributed by atoms with Crippen LogP contribution >= 0.6 is 12.0 Å². The van der Waals surface area contributed by atoms with Crippen molar-refractivity contribution < 1.29 is 9.59 Å². The van der Waals surface area contributed by atoms with E-state index in [1.807, 2.05) is 48.5 Å². The molecule has 3 aromatic rings. The molecule has 5 heteroatoms. The van der Waals surface area contributed by atoms with Gasteiger partial charge in [-0.25, -0.2) is 10.2 Å². The molecule has 0 fully saturated rings. The van der Waals surface area contributed by atoms with Gasteiger partial charge in [0.25, 0.3) is 0 Å². The Morgan fingerprint density at radius 2 is 1.94 bits per heavy atom. The van der Waals surface area contributed by atoms with Crippen molar-refractivity contribution in [3.63, 3.8) is 0 Å². The normalized spacial score (nSPS) is 10.9. The van der Waals surface area contributed by atoms with Crippen LogP contribution in [0.1, 0.15) is 0 Å². The van der Waals surface area contributed by atoms with Gasteiger partial charge in [0.05, 0.1) is 23.1 Å². The van der Waals surface area contributed by atoms with Gasteiger partial charge >= 0.3 is 0 Å². The van der Waals surface area contributed by atoms with Crippen LogP contribution in [0.15, 0.2) is 53.4 Å². The molecule has 4 nitrogen and oxygen atoms in total. The quantitative estimate of drug-likeness (QED) is 0.427. The van der Waals surface area contributed by atoms with E-state index in [1.165, 1.54) is 0 Å². The van der Waals surface area contributed by atoms with Gasteiger partial charge in [-0.05, 0) is 18.2 Å². The van der Waals surface area contributed by atoms with Gasteiger partial charge in [-0.15, -0.1) is 0 Å². The Bertz CT molecular complexity index is 667. The number of nitrogens with zero attached hydrogens (tertiary/aromatic N) is 1. The molecule has 0 spiro atoms. The summed E-state index contributed by atoms with van der Waals surface area (Å²) in [5.41, 5.74) is 2.84. The molecule has 0 bridgehead atoms. The summed E-state index contributed by atoms with van der Waals surface area (Å²) >= 11 is 0.903. The van der Waals surface area contributed by atoms with Crippen LogP contribution in [-0.2, 0) is 4.33 Å². The molecule has 2 N–H and O–H groups in total. The molecule has 0 atom stereocenters. The molecule has 0 unspecified atom stereocenters. The molecule has 0 radical (unpaired) electrons. The molecule has 0 amide bonds. The van der Waals surface area contributed by atoms with Crippen molar-refractivity contribution in [2.45, 2.75) is 4.90 Å². The van der Waals surface area contributed by atoms with Crippen molar-refractivity contribution in [2.24, 2.45) is 0 Å². The topological polar surface area (TPSA) is 58.1 Å². The Labute approximate surface area is 108 Å². The first-order valence-electron chi connectivity index (χ1n) is 5.40. The number of nitrogens with one attached hydrogen (secondary N) is 1. The minimum absolute atomic E-state index is 0.813.